The summed E-state index contributed by atoms with van der Waals surface area (Å²) in [5, 5.41) is 7.74. The Bertz CT molecular complexity index is 598. The number of nitrogens with zero attached hydrogens (tertiary/aromatic N) is 3. The van der Waals surface area contributed by atoms with E-state index in [0.29, 0.717) is 18.5 Å². The molecule has 0 atom stereocenters. The zero-order valence-corrected chi connectivity index (χ0v) is 12.1. The second-order valence-electron chi connectivity index (χ2n) is 5.46. The van der Waals surface area contributed by atoms with Crippen LogP contribution in [0.5, 0.6) is 0 Å². The normalized spacial score (nSPS) is 15.7. The number of nitrogens with two attached hydrogens (primary N) is 1. The fourth-order valence-electron chi connectivity index (χ4n) is 2.32. The van der Waals surface area contributed by atoms with Gasteiger partial charge in [0.05, 0.1) is 18.8 Å². The van der Waals surface area contributed by atoms with E-state index in [9.17, 15) is 0 Å². The molecule has 1 saturated carbocycles. The molecule has 0 aliphatic heterocycles. The van der Waals surface area contributed by atoms with Crippen molar-refractivity contribution < 1.29 is 0 Å². The van der Waals surface area contributed by atoms with Gasteiger partial charge in [-0.3, -0.25) is 4.68 Å². The summed E-state index contributed by atoms with van der Waals surface area (Å²) in [5.74, 6) is 0.525. The first-order valence-corrected chi connectivity index (χ1v) is 7.42. The van der Waals surface area contributed by atoms with Crippen LogP contribution in [-0.4, -0.2) is 21.8 Å². The monoisotopic (exact) mass is 283 g/mol. The maximum absolute atomic E-state index is 5.87. The van der Waals surface area contributed by atoms with Crippen molar-refractivity contribution in [2.24, 2.45) is 10.7 Å². The zero-order chi connectivity index (χ0) is 14.5. The summed E-state index contributed by atoms with van der Waals surface area (Å²) in [6.45, 7) is 1.30. The molecule has 0 saturated heterocycles. The van der Waals surface area contributed by atoms with Gasteiger partial charge in [0, 0.05) is 12.2 Å². The smallest absolute Gasteiger partial charge is 0.189 e. The number of aliphatic imine (C=N–C) groups is 1. The van der Waals surface area contributed by atoms with Gasteiger partial charge in [-0.25, -0.2) is 4.99 Å². The molecule has 1 aromatic heterocycles. The summed E-state index contributed by atoms with van der Waals surface area (Å²) >= 11 is 0. The molecule has 0 radical (unpaired) electrons. The van der Waals surface area contributed by atoms with Crippen LogP contribution in [0.2, 0.25) is 0 Å². The quantitative estimate of drug-likeness (QED) is 0.650. The van der Waals surface area contributed by atoms with Crippen molar-refractivity contribution in [3.8, 4) is 0 Å². The fraction of sp³-hybridized carbons (Fsp3) is 0.375. The van der Waals surface area contributed by atoms with Gasteiger partial charge >= 0.3 is 0 Å². The number of guanidine groups is 1. The van der Waals surface area contributed by atoms with Crippen molar-refractivity contribution in [2.75, 3.05) is 0 Å². The molecule has 0 bridgehead atoms. The molecular weight excluding hydrogens is 262 g/mol. The van der Waals surface area contributed by atoms with E-state index in [1.54, 1.807) is 0 Å². The first-order chi connectivity index (χ1) is 10.3. The number of hydrogen-bond acceptors (Lipinski definition) is 2. The maximum atomic E-state index is 5.87. The van der Waals surface area contributed by atoms with Gasteiger partial charge in [-0.1, -0.05) is 30.3 Å². The van der Waals surface area contributed by atoms with Crippen molar-refractivity contribution in [3.05, 3.63) is 53.9 Å². The van der Waals surface area contributed by atoms with E-state index in [1.807, 2.05) is 35.1 Å². The minimum absolute atomic E-state index is 0.518. The van der Waals surface area contributed by atoms with Crippen LogP contribution in [0.25, 0.3) is 0 Å². The Labute approximate surface area is 124 Å². The molecule has 1 fully saturated rings. The molecule has 1 aromatic carbocycles. The lowest BCUT2D eigenvalue weighted by Crippen LogP contribution is -2.43. The number of hydrogen-bond donors (Lipinski definition) is 2. The largest absolute Gasteiger partial charge is 0.370 e. The highest BCUT2D eigenvalue weighted by molar-refractivity contribution is 5.78. The van der Waals surface area contributed by atoms with Crippen LogP contribution in [-0.2, 0) is 13.1 Å². The van der Waals surface area contributed by atoms with Crippen LogP contribution in [0, 0.1) is 0 Å². The van der Waals surface area contributed by atoms with Crippen molar-refractivity contribution in [3.63, 3.8) is 0 Å². The molecule has 21 heavy (non-hydrogen) atoms. The van der Waals surface area contributed by atoms with Gasteiger partial charge in [-0.05, 0) is 30.9 Å². The summed E-state index contributed by atoms with van der Waals surface area (Å²) in [6, 6.07) is 12.8. The number of nitrogens with one attached hydrogen (secondary N) is 1. The average molecular weight is 283 g/mol. The summed E-state index contributed by atoms with van der Waals surface area (Å²) in [6.07, 6.45) is 5.66. The fourth-order valence-corrected chi connectivity index (χ4v) is 2.32. The zero-order valence-electron chi connectivity index (χ0n) is 12.1. The first-order valence-electron chi connectivity index (χ1n) is 7.42. The van der Waals surface area contributed by atoms with Crippen LogP contribution in [0.15, 0.2) is 47.6 Å². The van der Waals surface area contributed by atoms with Gasteiger partial charge < -0.3 is 11.1 Å². The molecule has 110 valence electrons. The van der Waals surface area contributed by atoms with Crippen LogP contribution in [0.3, 0.4) is 0 Å². The Morgan fingerprint density at radius 1 is 1.29 bits per heavy atom. The van der Waals surface area contributed by atoms with Crippen LogP contribution >= 0.6 is 0 Å². The molecule has 0 amide bonds. The van der Waals surface area contributed by atoms with Crippen molar-refractivity contribution in [2.45, 2.75) is 38.4 Å². The Kier molecular flexibility index (Phi) is 4.19. The molecule has 3 N–H and O–H groups in total. The SMILES string of the molecule is NC(=NCc1ccn(Cc2ccccc2)n1)NC1CCC1. The predicted octanol–water partition coefficient (Wildman–Crippen LogP) is 1.89. The number of rotatable bonds is 5. The van der Waals surface area contributed by atoms with Crippen molar-refractivity contribution in [1.29, 1.82) is 0 Å². The lowest BCUT2D eigenvalue weighted by Gasteiger charge is -2.26. The van der Waals surface area contributed by atoms with E-state index in [-0.39, 0.29) is 0 Å². The van der Waals surface area contributed by atoms with Crippen molar-refractivity contribution in [1.82, 2.24) is 15.1 Å². The summed E-state index contributed by atoms with van der Waals surface area (Å²) in [5.41, 5.74) is 8.04. The highest BCUT2D eigenvalue weighted by Crippen LogP contribution is 2.17. The minimum atomic E-state index is 0.518. The third-order valence-corrected chi connectivity index (χ3v) is 3.75. The standard InChI is InChI=1S/C16H21N5/c17-16(19-14-7-4-8-14)18-11-15-9-10-21(20-15)12-13-5-2-1-3-6-13/h1-3,5-6,9-10,14H,4,7-8,11-12H2,(H3,17,18,19). The highest BCUT2D eigenvalue weighted by atomic mass is 15.3. The molecule has 5 heteroatoms. The molecule has 2 aromatic rings. The number of aromatic nitrogens is 2. The maximum Gasteiger partial charge on any atom is 0.189 e. The lowest BCUT2D eigenvalue weighted by atomic mass is 9.93. The van der Waals surface area contributed by atoms with E-state index < -0.39 is 0 Å². The van der Waals surface area contributed by atoms with Crippen LogP contribution in [0.1, 0.15) is 30.5 Å². The van der Waals surface area contributed by atoms with Gasteiger partial charge in [0.25, 0.3) is 0 Å². The van der Waals surface area contributed by atoms with E-state index in [4.69, 9.17) is 5.73 Å². The summed E-state index contributed by atoms with van der Waals surface area (Å²) in [7, 11) is 0. The van der Waals surface area contributed by atoms with Crippen LogP contribution < -0.4 is 11.1 Å². The van der Waals surface area contributed by atoms with Gasteiger partial charge in [0.1, 0.15) is 0 Å². The third kappa shape index (κ3) is 3.84. The van der Waals surface area contributed by atoms with E-state index in [0.717, 1.165) is 12.2 Å². The Balaban J connectivity index is 1.53. The van der Waals surface area contributed by atoms with Crippen LogP contribution in [0.4, 0.5) is 0 Å². The van der Waals surface area contributed by atoms with E-state index >= 15 is 0 Å². The molecular formula is C16H21N5. The van der Waals surface area contributed by atoms with E-state index in [2.05, 4.69) is 27.5 Å². The Hall–Kier alpha value is -2.30. The topological polar surface area (TPSA) is 68.2 Å². The van der Waals surface area contributed by atoms with Gasteiger partial charge in [0.15, 0.2) is 5.96 Å². The highest BCUT2D eigenvalue weighted by Gasteiger charge is 2.17. The molecule has 3 rings (SSSR count). The average Bonchev–Trinajstić information content (AvgIpc) is 2.89. The first kappa shape index (κ1) is 13.7. The summed E-state index contributed by atoms with van der Waals surface area (Å²) in [4.78, 5) is 4.34. The molecule has 1 aliphatic rings. The van der Waals surface area contributed by atoms with Gasteiger partial charge in [0.2, 0.25) is 0 Å². The molecule has 1 aliphatic carbocycles. The molecule has 0 spiro atoms. The lowest BCUT2D eigenvalue weighted by molar-refractivity contribution is 0.382. The minimum Gasteiger partial charge on any atom is -0.370 e. The molecule has 0 unspecified atom stereocenters. The van der Waals surface area contributed by atoms with Crippen molar-refractivity contribution >= 4 is 5.96 Å². The van der Waals surface area contributed by atoms with Gasteiger partial charge in [-0.15, -0.1) is 0 Å². The molecule has 1 heterocycles. The Morgan fingerprint density at radius 2 is 2.10 bits per heavy atom. The third-order valence-electron chi connectivity index (χ3n) is 3.75. The second-order valence-corrected chi connectivity index (χ2v) is 5.46. The predicted molar refractivity (Wildman–Crippen MR) is 83.9 cm³/mol. The second kappa shape index (κ2) is 6.43. The molecule has 5 nitrogen and oxygen atoms in total. The number of benzene rings is 1. The summed E-state index contributed by atoms with van der Waals surface area (Å²) < 4.78 is 1.93. The van der Waals surface area contributed by atoms with E-state index in [1.165, 1.54) is 24.8 Å². The van der Waals surface area contributed by atoms with Gasteiger partial charge in [-0.2, -0.15) is 5.10 Å². The Morgan fingerprint density at radius 3 is 2.81 bits per heavy atom.